The standard InChI is InChI=1S/C15H21N3/c16-15(18-14-5-6-14)17-8-7-11-9-12-3-1-2-4-13(12)10-11/h1-4,11,14H,5-10H2,(H3,16,17,18). The van der Waals surface area contributed by atoms with Crippen molar-refractivity contribution in [3.05, 3.63) is 35.4 Å². The Bertz CT molecular complexity index is 424. The summed E-state index contributed by atoms with van der Waals surface area (Å²) in [5, 5.41) is 3.22. The molecule has 1 fully saturated rings. The van der Waals surface area contributed by atoms with Crippen LogP contribution in [0.1, 0.15) is 30.4 Å². The Balaban J connectivity index is 1.45. The SMILES string of the molecule is NC(=NCCC1Cc2ccccc2C1)NC1CC1. The van der Waals surface area contributed by atoms with Crippen molar-refractivity contribution >= 4 is 5.96 Å². The fourth-order valence-electron chi connectivity index (χ4n) is 2.70. The zero-order valence-corrected chi connectivity index (χ0v) is 10.7. The van der Waals surface area contributed by atoms with Crippen LogP contribution in [0.5, 0.6) is 0 Å². The number of nitrogens with zero attached hydrogens (tertiary/aromatic N) is 1. The summed E-state index contributed by atoms with van der Waals surface area (Å²) in [5.74, 6) is 1.38. The highest BCUT2D eigenvalue weighted by molar-refractivity contribution is 5.78. The third-order valence-electron chi connectivity index (χ3n) is 3.88. The molecule has 18 heavy (non-hydrogen) atoms. The molecule has 0 atom stereocenters. The van der Waals surface area contributed by atoms with Gasteiger partial charge in [0.25, 0.3) is 0 Å². The first-order chi connectivity index (χ1) is 8.81. The summed E-state index contributed by atoms with van der Waals surface area (Å²) in [6.07, 6.45) is 6.05. The highest BCUT2D eigenvalue weighted by Crippen LogP contribution is 2.28. The first-order valence-corrected chi connectivity index (χ1v) is 6.94. The lowest BCUT2D eigenvalue weighted by molar-refractivity contribution is 0.522. The van der Waals surface area contributed by atoms with Gasteiger partial charge in [0.2, 0.25) is 0 Å². The minimum atomic E-state index is 0.601. The molecule has 0 aliphatic heterocycles. The molecule has 3 nitrogen and oxygen atoms in total. The minimum Gasteiger partial charge on any atom is -0.370 e. The summed E-state index contributed by atoms with van der Waals surface area (Å²) in [6, 6.07) is 9.38. The van der Waals surface area contributed by atoms with Gasteiger partial charge in [0.15, 0.2) is 5.96 Å². The van der Waals surface area contributed by atoms with E-state index in [1.165, 1.54) is 36.8 Å². The van der Waals surface area contributed by atoms with Crippen LogP contribution >= 0.6 is 0 Å². The molecule has 1 saturated carbocycles. The Kier molecular flexibility index (Phi) is 3.22. The Labute approximate surface area is 108 Å². The van der Waals surface area contributed by atoms with E-state index in [0.717, 1.165) is 18.9 Å². The average molecular weight is 243 g/mol. The molecular weight excluding hydrogens is 222 g/mol. The van der Waals surface area contributed by atoms with E-state index in [1.807, 2.05) is 0 Å². The second kappa shape index (κ2) is 5.01. The van der Waals surface area contributed by atoms with Crippen LogP contribution < -0.4 is 11.1 Å². The second-order valence-corrected chi connectivity index (χ2v) is 5.52. The van der Waals surface area contributed by atoms with Gasteiger partial charge in [-0.2, -0.15) is 0 Å². The van der Waals surface area contributed by atoms with Gasteiger partial charge in [-0.1, -0.05) is 24.3 Å². The van der Waals surface area contributed by atoms with E-state index in [0.29, 0.717) is 12.0 Å². The molecule has 1 aromatic carbocycles. The van der Waals surface area contributed by atoms with Crippen LogP contribution in [0.2, 0.25) is 0 Å². The maximum atomic E-state index is 5.82. The van der Waals surface area contributed by atoms with Crippen molar-refractivity contribution in [1.29, 1.82) is 0 Å². The Hall–Kier alpha value is -1.51. The molecule has 0 heterocycles. The number of fused-ring (bicyclic) bond motifs is 1. The van der Waals surface area contributed by atoms with Crippen molar-refractivity contribution in [3.8, 4) is 0 Å². The lowest BCUT2D eigenvalue weighted by Crippen LogP contribution is -2.33. The summed E-state index contributed by atoms with van der Waals surface area (Å²) in [7, 11) is 0. The maximum Gasteiger partial charge on any atom is 0.188 e. The van der Waals surface area contributed by atoms with Crippen LogP contribution in [-0.2, 0) is 12.8 Å². The highest BCUT2D eigenvalue weighted by atomic mass is 15.1. The van der Waals surface area contributed by atoms with E-state index in [1.54, 1.807) is 0 Å². The van der Waals surface area contributed by atoms with Crippen LogP contribution in [0.4, 0.5) is 0 Å². The van der Waals surface area contributed by atoms with Crippen molar-refractivity contribution in [3.63, 3.8) is 0 Å². The monoisotopic (exact) mass is 243 g/mol. The molecule has 3 rings (SSSR count). The summed E-state index contributed by atoms with van der Waals surface area (Å²) in [4.78, 5) is 4.41. The summed E-state index contributed by atoms with van der Waals surface area (Å²) >= 11 is 0. The fraction of sp³-hybridized carbons (Fsp3) is 0.533. The quantitative estimate of drug-likeness (QED) is 0.626. The molecule has 1 aromatic rings. The number of nitrogens with one attached hydrogen (secondary N) is 1. The number of hydrogen-bond acceptors (Lipinski definition) is 1. The predicted molar refractivity (Wildman–Crippen MR) is 74.6 cm³/mol. The number of nitrogens with two attached hydrogens (primary N) is 1. The van der Waals surface area contributed by atoms with Crippen LogP contribution in [-0.4, -0.2) is 18.5 Å². The number of aliphatic imine (C=N–C) groups is 1. The van der Waals surface area contributed by atoms with Crippen LogP contribution in [0.25, 0.3) is 0 Å². The van der Waals surface area contributed by atoms with Crippen LogP contribution in [0.3, 0.4) is 0 Å². The fourth-order valence-corrected chi connectivity index (χ4v) is 2.70. The molecule has 0 unspecified atom stereocenters. The first-order valence-electron chi connectivity index (χ1n) is 6.94. The van der Waals surface area contributed by atoms with Gasteiger partial charge in [-0.15, -0.1) is 0 Å². The summed E-state index contributed by atoms with van der Waals surface area (Å²) < 4.78 is 0. The molecular formula is C15H21N3. The van der Waals surface area contributed by atoms with E-state index in [4.69, 9.17) is 5.73 Å². The molecule has 2 aliphatic rings. The van der Waals surface area contributed by atoms with Gasteiger partial charge in [-0.05, 0) is 49.1 Å². The molecule has 0 amide bonds. The molecule has 0 saturated heterocycles. The van der Waals surface area contributed by atoms with E-state index in [9.17, 15) is 0 Å². The first kappa shape index (κ1) is 11.6. The summed E-state index contributed by atoms with van der Waals surface area (Å²) in [5.41, 5.74) is 8.87. The molecule has 3 heteroatoms. The smallest absolute Gasteiger partial charge is 0.188 e. The molecule has 0 bridgehead atoms. The molecule has 2 aliphatic carbocycles. The van der Waals surface area contributed by atoms with Crippen molar-refractivity contribution in [1.82, 2.24) is 5.32 Å². The third kappa shape index (κ3) is 2.84. The van der Waals surface area contributed by atoms with Gasteiger partial charge in [-0.3, -0.25) is 4.99 Å². The lowest BCUT2D eigenvalue weighted by Gasteiger charge is -2.07. The zero-order valence-electron chi connectivity index (χ0n) is 10.7. The predicted octanol–water partition coefficient (Wildman–Crippen LogP) is 1.86. The molecule has 0 radical (unpaired) electrons. The normalized spacial score (nSPS) is 19.9. The van der Waals surface area contributed by atoms with Crippen molar-refractivity contribution < 1.29 is 0 Å². The Morgan fingerprint density at radius 1 is 1.22 bits per heavy atom. The maximum absolute atomic E-state index is 5.82. The van der Waals surface area contributed by atoms with Gasteiger partial charge >= 0.3 is 0 Å². The second-order valence-electron chi connectivity index (χ2n) is 5.52. The lowest BCUT2D eigenvalue weighted by atomic mass is 10.0. The minimum absolute atomic E-state index is 0.601. The number of benzene rings is 1. The van der Waals surface area contributed by atoms with Crippen LogP contribution in [0, 0.1) is 5.92 Å². The van der Waals surface area contributed by atoms with Gasteiger partial charge < -0.3 is 11.1 Å². The Morgan fingerprint density at radius 3 is 2.50 bits per heavy atom. The number of hydrogen-bond donors (Lipinski definition) is 2. The van der Waals surface area contributed by atoms with Crippen LogP contribution in [0.15, 0.2) is 29.3 Å². The van der Waals surface area contributed by atoms with Crippen molar-refractivity contribution in [2.45, 2.75) is 38.1 Å². The Morgan fingerprint density at radius 2 is 1.89 bits per heavy atom. The van der Waals surface area contributed by atoms with E-state index >= 15 is 0 Å². The largest absolute Gasteiger partial charge is 0.370 e. The van der Waals surface area contributed by atoms with E-state index < -0.39 is 0 Å². The molecule has 96 valence electrons. The van der Waals surface area contributed by atoms with Gasteiger partial charge in [0.05, 0.1) is 0 Å². The number of guanidine groups is 1. The topological polar surface area (TPSA) is 50.4 Å². The molecule has 0 spiro atoms. The third-order valence-corrected chi connectivity index (χ3v) is 3.88. The van der Waals surface area contributed by atoms with E-state index in [2.05, 4.69) is 34.6 Å². The molecule has 3 N–H and O–H groups in total. The van der Waals surface area contributed by atoms with Crippen molar-refractivity contribution in [2.75, 3.05) is 6.54 Å². The van der Waals surface area contributed by atoms with Gasteiger partial charge in [0, 0.05) is 12.6 Å². The molecule has 0 aromatic heterocycles. The van der Waals surface area contributed by atoms with Gasteiger partial charge in [0.1, 0.15) is 0 Å². The van der Waals surface area contributed by atoms with E-state index in [-0.39, 0.29) is 0 Å². The van der Waals surface area contributed by atoms with Crippen molar-refractivity contribution in [2.24, 2.45) is 16.6 Å². The highest BCUT2D eigenvalue weighted by Gasteiger charge is 2.22. The summed E-state index contributed by atoms with van der Waals surface area (Å²) in [6.45, 7) is 0.851. The average Bonchev–Trinajstić information content (AvgIpc) is 3.07. The van der Waals surface area contributed by atoms with Gasteiger partial charge in [-0.25, -0.2) is 0 Å². The zero-order chi connectivity index (χ0) is 12.4. The number of rotatable bonds is 4.